The molecule has 1 aromatic heterocycles. The number of carbonyl (C=O) groups is 1. The molecule has 0 bridgehead atoms. The lowest BCUT2D eigenvalue weighted by molar-refractivity contribution is 0.101. The summed E-state index contributed by atoms with van der Waals surface area (Å²) in [6.45, 7) is 10.3. The first kappa shape index (κ1) is 15.9. The molecule has 2 aromatic rings. The number of ether oxygens (including phenoxy) is 1. The van der Waals surface area contributed by atoms with Crippen molar-refractivity contribution in [2.75, 3.05) is 5.32 Å². The van der Waals surface area contributed by atoms with Crippen LogP contribution < -0.4 is 10.1 Å². The minimum absolute atomic E-state index is 0.0816. The van der Waals surface area contributed by atoms with Crippen molar-refractivity contribution in [3.05, 3.63) is 34.3 Å². The number of para-hydroxylation sites is 1. The highest BCUT2D eigenvalue weighted by atomic mass is 32.1. The molecule has 1 amide bonds. The zero-order valence-electron chi connectivity index (χ0n) is 14.1. The standard InChI is InChI=1S/C17H21N3O2S/c1-16(2,3)14-19-20-15(23-14)18-13(21)11-8-6-7-10-9-17(4,5)22-12(10)11/h6-8H,9H2,1-5H3,(H,18,20,21). The largest absolute Gasteiger partial charge is 0.486 e. The van der Waals surface area contributed by atoms with Gasteiger partial charge in [-0.15, -0.1) is 10.2 Å². The van der Waals surface area contributed by atoms with Gasteiger partial charge in [0.2, 0.25) is 5.13 Å². The molecule has 0 saturated carbocycles. The molecule has 6 heteroatoms. The molecule has 23 heavy (non-hydrogen) atoms. The highest BCUT2D eigenvalue weighted by molar-refractivity contribution is 7.15. The lowest BCUT2D eigenvalue weighted by Gasteiger charge is -2.17. The Labute approximate surface area is 140 Å². The summed E-state index contributed by atoms with van der Waals surface area (Å²) in [5, 5.41) is 12.5. The number of benzene rings is 1. The molecule has 0 radical (unpaired) electrons. The summed E-state index contributed by atoms with van der Waals surface area (Å²) in [5.41, 5.74) is 1.25. The number of rotatable bonds is 2. The zero-order valence-corrected chi connectivity index (χ0v) is 14.9. The minimum atomic E-state index is -0.277. The van der Waals surface area contributed by atoms with Crippen molar-refractivity contribution in [3.8, 4) is 5.75 Å². The van der Waals surface area contributed by atoms with E-state index in [-0.39, 0.29) is 16.9 Å². The molecule has 1 aromatic carbocycles. The predicted molar refractivity (Wildman–Crippen MR) is 91.4 cm³/mol. The smallest absolute Gasteiger partial charge is 0.261 e. The molecule has 1 aliphatic heterocycles. The van der Waals surface area contributed by atoms with E-state index in [1.807, 2.05) is 26.0 Å². The zero-order chi connectivity index (χ0) is 16.8. The number of aromatic nitrogens is 2. The summed E-state index contributed by atoms with van der Waals surface area (Å²) in [6, 6.07) is 5.67. The SMILES string of the molecule is CC1(C)Cc2cccc(C(=O)Nc3nnc(C(C)(C)C)s3)c2O1. The third kappa shape index (κ3) is 3.22. The van der Waals surface area contributed by atoms with Crippen molar-refractivity contribution < 1.29 is 9.53 Å². The first-order chi connectivity index (χ1) is 10.7. The Balaban J connectivity index is 1.83. The van der Waals surface area contributed by atoms with Crippen LogP contribution in [0.5, 0.6) is 5.75 Å². The highest BCUT2D eigenvalue weighted by Crippen LogP contribution is 2.38. The molecule has 0 atom stereocenters. The van der Waals surface area contributed by atoms with Crippen molar-refractivity contribution >= 4 is 22.4 Å². The molecule has 0 fully saturated rings. The fourth-order valence-corrected chi connectivity index (χ4v) is 3.33. The molecule has 0 unspecified atom stereocenters. The van der Waals surface area contributed by atoms with Crippen LogP contribution in [0.2, 0.25) is 0 Å². The molecule has 3 rings (SSSR count). The van der Waals surface area contributed by atoms with Crippen molar-refractivity contribution in [1.29, 1.82) is 0 Å². The van der Waals surface area contributed by atoms with E-state index in [9.17, 15) is 4.79 Å². The second-order valence-electron chi connectivity index (χ2n) is 7.45. The summed E-state index contributed by atoms with van der Waals surface area (Å²) in [5.74, 6) is 0.465. The summed E-state index contributed by atoms with van der Waals surface area (Å²) >= 11 is 1.40. The molecular weight excluding hydrogens is 310 g/mol. The van der Waals surface area contributed by atoms with Crippen LogP contribution in [0.3, 0.4) is 0 Å². The molecular formula is C17H21N3O2S. The Morgan fingerprint density at radius 3 is 2.70 bits per heavy atom. The van der Waals surface area contributed by atoms with E-state index in [1.165, 1.54) is 11.3 Å². The fourth-order valence-electron chi connectivity index (χ4n) is 2.54. The third-order valence-corrected chi connectivity index (χ3v) is 4.89. The normalized spacial score (nSPS) is 15.9. The van der Waals surface area contributed by atoms with E-state index in [4.69, 9.17) is 4.74 Å². The monoisotopic (exact) mass is 331 g/mol. The molecule has 1 aliphatic rings. The minimum Gasteiger partial charge on any atom is -0.486 e. The van der Waals surface area contributed by atoms with Gasteiger partial charge in [-0.05, 0) is 25.5 Å². The fraction of sp³-hybridized carbons (Fsp3) is 0.471. The van der Waals surface area contributed by atoms with E-state index in [2.05, 4.69) is 36.3 Å². The van der Waals surface area contributed by atoms with E-state index < -0.39 is 0 Å². The first-order valence-electron chi connectivity index (χ1n) is 7.62. The number of amides is 1. The van der Waals surface area contributed by atoms with Gasteiger partial charge < -0.3 is 4.74 Å². The lowest BCUT2D eigenvalue weighted by atomic mass is 9.98. The number of anilines is 1. The molecule has 0 saturated heterocycles. The van der Waals surface area contributed by atoms with Gasteiger partial charge in [-0.3, -0.25) is 10.1 Å². The Morgan fingerprint density at radius 2 is 2.04 bits per heavy atom. The van der Waals surface area contributed by atoms with Gasteiger partial charge in [-0.1, -0.05) is 44.2 Å². The van der Waals surface area contributed by atoms with Gasteiger partial charge in [-0.25, -0.2) is 0 Å². The van der Waals surface area contributed by atoms with Crippen LogP contribution in [0.15, 0.2) is 18.2 Å². The van der Waals surface area contributed by atoms with Crippen LogP contribution in [-0.2, 0) is 11.8 Å². The maximum Gasteiger partial charge on any atom is 0.261 e. The van der Waals surface area contributed by atoms with Crippen molar-refractivity contribution in [2.45, 2.75) is 52.1 Å². The van der Waals surface area contributed by atoms with E-state index >= 15 is 0 Å². The number of nitrogens with one attached hydrogen (secondary N) is 1. The van der Waals surface area contributed by atoms with Crippen molar-refractivity contribution in [3.63, 3.8) is 0 Å². The summed E-state index contributed by atoms with van der Waals surface area (Å²) < 4.78 is 5.95. The van der Waals surface area contributed by atoms with Gasteiger partial charge in [0.1, 0.15) is 16.4 Å². The van der Waals surface area contributed by atoms with Gasteiger partial charge in [-0.2, -0.15) is 0 Å². The molecule has 122 valence electrons. The number of carbonyl (C=O) groups excluding carboxylic acids is 1. The Kier molecular flexibility index (Phi) is 3.67. The van der Waals surface area contributed by atoms with Crippen LogP contribution >= 0.6 is 11.3 Å². The maximum absolute atomic E-state index is 12.6. The van der Waals surface area contributed by atoms with E-state index in [1.54, 1.807) is 6.07 Å². The Bertz CT molecular complexity index is 759. The summed E-state index contributed by atoms with van der Waals surface area (Å²) in [7, 11) is 0. The maximum atomic E-state index is 12.6. The topological polar surface area (TPSA) is 64.1 Å². The van der Waals surface area contributed by atoms with Crippen LogP contribution in [0.1, 0.15) is 55.5 Å². The second-order valence-corrected chi connectivity index (χ2v) is 8.43. The number of fused-ring (bicyclic) bond motifs is 1. The molecule has 0 aliphatic carbocycles. The second kappa shape index (κ2) is 5.30. The van der Waals surface area contributed by atoms with Crippen LogP contribution in [0, 0.1) is 0 Å². The highest BCUT2D eigenvalue weighted by Gasteiger charge is 2.33. The van der Waals surface area contributed by atoms with Crippen molar-refractivity contribution in [2.24, 2.45) is 0 Å². The van der Waals surface area contributed by atoms with Crippen LogP contribution in [0.4, 0.5) is 5.13 Å². The van der Waals surface area contributed by atoms with Gasteiger partial charge >= 0.3 is 0 Å². The quantitative estimate of drug-likeness (QED) is 0.909. The van der Waals surface area contributed by atoms with E-state index in [0.29, 0.717) is 16.4 Å². The van der Waals surface area contributed by atoms with Gasteiger partial charge in [0.15, 0.2) is 0 Å². The number of hydrogen-bond donors (Lipinski definition) is 1. The average Bonchev–Trinajstić information content (AvgIpc) is 2.99. The van der Waals surface area contributed by atoms with Crippen molar-refractivity contribution in [1.82, 2.24) is 10.2 Å². The number of hydrogen-bond acceptors (Lipinski definition) is 5. The lowest BCUT2D eigenvalue weighted by Crippen LogP contribution is -2.25. The van der Waals surface area contributed by atoms with Gasteiger partial charge in [0, 0.05) is 11.8 Å². The summed E-state index contributed by atoms with van der Waals surface area (Å²) in [4.78, 5) is 12.6. The third-order valence-electron chi connectivity index (χ3n) is 3.62. The van der Waals surface area contributed by atoms with Crippen LogP contribution in [-0.4, -0.2) is 21.7 Å². The average molecular weight is 331 g/mol. The predicted octanol–water partition coefficient (Wildman–Crippen LogP) is 3.80. The molecule has 1 N–H and O–H groups in total. The Morgan fingerprint density at radius 1 is 1.30 bits per heavy atom. The van der Waals surface area contributed by atoms with Gasteiger partial charge in [0.25, 0.3) is 5.91 Å². The number of nitrogens with zero attached hydrogens (tertiary/aromatic N) is 2. The van der Waals surface area contributed by atoms with E-state index in [0.717, 1.165) is 17.0 Å². The molecule has 2 heterocycles. The summed E-state index contributed by atoms with van der Waals surface area (Å²) in [6.07, 6.45) is 0.802. The van der Waals surface area contributed by atoms with Gasteiger partial charge in [0.05, 0.1) is 5.56 Å². The molecule has 0 spiro atoms. The van der Waals surface area contributed by atoms with Crippen LogP contribution in [0.25, 0.3) is 0 Å². The first-order valence-corrected chi connectivity index (χ1v) is 8.44. The molecule has 5 nitrogen and oxygen atoms in total. The Hall–Kier alpha value is -1.95.